The van der Waals surface area contributed by atoms with Gasteiger partial charge in [0.25, 0.3) is 0 Å². The molecule has 1 saturated carbocycles. The molecule has 1 N–H and O–H groups in total. The molecule has 33 heavy (non-hydrogen) atoms. The van der Waals surface area contributed by atoms with Crippen molar-refractivity contribution in [3.63, 3.8) is 0 Å². The average molecular weight is 470 g/mol. The van der Waals surface area contributed by atoms with Gasteiger partial charge in [-0.05, 0) is 63.5 Å². The normalized spacial score (nSPS) is 25.7. The Morgan fingerprint density at radius 1 is 1.27 bits per heavy atom. The fourth-order valence-electron chi connectivity index (χ4n) is 5.02. The lowest BCUT2D eigenvalue weighted by atomic mass is 9.73. The van der Waals surface area contributed by atoms with Gasteiger partial charge in [0.15, 0.2) is 0 Å². The number of alkyl halides is 3. The molecule has 184 valence electrons. The Labute approximate surface area is 193 Å². The van der Waals surface area contributed by atoms with Crippen LogP contribution in [0.25, 0.3) is 0 Å². The second-order valence-corrected chi connectivity index (χ2v) is 10.8. The Bertz CT molecular complexity index is 910. The first-order chi connectivity index (χ1) is 15.1. The Kier molecular flexibility index (Phi) is 6.75. The predicted octanol–water partition coefficient (Wildman–Crippen LogP) is 5.47. The Morgan fingerprint density at radius 3 is 2.45 bits per heavy atom. The van der Waals surface area contributed by atoms with E-state index < -0.39 is 34.9 Å². The lowest BCUT2D eigenvalue weighted by Gasteiger charge is -2.41. The number of hydrogen-bond donors (Lipinski definition) is 1. The summed E-state index contributed by atoms with van der Waals surface area (Å²) in [7, 11) is 0. The first-order valence-corrected chi connectivity index (χ1v) is 11.5. The molecule has 3 rings (SSSR count). The number of amides is 2. The number of ether oxygens (including phenoxy) is 1. The number of halogens is 3. The van der Waals surface area contributed by atoms with E-state index in [1.807, 2.05) is 13.8 Å². The molecule has 0 saturated heterocycles. The molecule has 2 heterocycles. The van der Waals surface area contributed by atoms with E-state index in [1.54, 1.807) is 25.7 Å². The second kappa shape index (κ2) is 8.80. The van der Waals surface area contributed by atoms with Gasteiger partial charge in [-0.25, -0.2) is 4.79 Å². The number of alkyl carbamates (subject to hydrolysis) is 1. The highest BCUT2D eigenvalue weighted by Crippen LogP contribution is 2.49. The number of rotatable bonds is 3. The molecule has 0 unspecified atom stereocenters. The maximum Gasteiger partial charge on any atom is 0.417 e. The maximum absolute atomic E-state index is 13.8. The van der Waals surface area contributed by atoms with Gasteiger partial charge in [-0.1, -0.05) is 20.8 Å². The highest BCUT2D eigenvalue weighted by atomic mass is 19.4. The summed E-state index contributed by atoms with van der Waals surface area (Å²) in [6.07, 6.45) is -2.05. The van der Waals surface area contributed by atoms with Gasteiger partial charge >= 0.3 is 12.3 Å². The van der Waals surface area contributed by atoms with E-state index >= 15 is 0 Å². The average Bonchev–Trinajstić information content (AvgIpc) is 3.07. The molecular formula is C24H34F3N3O3. The minimum absolute atomic E-state index is 0.0282. The van der Waals surface area contributed by atoms with Crippen LogP contribution in [0.3, 0.4) is 0 Å². The van der Waals surface area contributed by atoms with Crippen molar-refractivity contribution in [2.45, 2.75) is 85.2 Å². The van der Waals surface area contributed by atoms with Crippen LogP contribution in [-0.2, 0) is 22.3 Å². The minimum Gasteiger partial charge on any atom is -0.444 e. The maximum atomic E-state index is 13.8. The zero-order valence-corrected chi connectivity index (χ0v) is 20.2. The van der Waals surface area contributed by atoms with E-state index in [-0.39, 0.29) is 30.5 Å². The SMILES string of the molecule is CC(C)[C@]1(C(=O)N2Cc3cc(C(F)(F)F)cnc3[C@H](NC(=O)OC(C)(C)C)C2)CC[C@@H](C)C1. The minimum atomic E-state index is -4.55. The van der Waals surface area contributed by atoms with Crippen LogP contribution in [0, 0.1) is 17.3 Å². The highest BCUT2D eigenvalue weighted by molar-refractivity contribution is 5.84. The molecule has 0 bridgehead atoms. The van der Waals surface area contributed by atoms with Crippen LogP contribution in [0.2, 0.25) is 0 Å². The quantitative estimate of drug-likeness (QED) is 0.637. The first kappa shape index (κ1) is 25.3. The van der Waals surface area contributed by atoms with Crippen molar-refractivity contribution in [3.8, 4) is 0 Å². The summed E-state index contributed by atoms with van der Waals surface area (Å²) in [5.74, 6) is 0.428. The van der Waals surface area contributed by atoms with E-state index in [0.717, 1.165) is 31.5 Å². The largest absolute Gasteiger partial charge is 0.444 e. The Hall–Kier alpha value is -2.32. The van der Waals surface area contributed by atoms with Crippen molar-refractivity contribution < 1.29 is 27.5 Å². The Balaban J connectivity index is 1.96. The van der Waals surface area contributed by atoms with Gasteiger partial charge in [-0.3, -0.25) is 9.78 Å². The number of nitrogens with one attached hydrogen (secondary N) is 1. The van der Waals surface area contributed by atoms with Gasteiger partial charge in [-0.2, -0.15) is 13.2 Å². The summed E-state index contributed by atoms with van der Waals surface area (Å²) in [4.78, 5) is 31.9. The molecule has 9 heteroatoms. The third-order valence-electron chi connectivity index (χ3n) is 6.73. The summed E-state index contributed by atoms with van der Waals surface area (Å²) < 4.78 is 45.4. The highest BCUT2D eigenvalue weighted by Gasteiger charge is 2.49. The summed E-state index contributed by atoms with van der Waals surface area (Å²) >= 11 is 0. The molecular weight excluding hydrogens is 435 g/mol. The van der Waals surface area contributed by atoms with Gasteiger partial charge in [-0.15, -0.1) is 0 Å². The standard InChI is InChI=1S/C24H34F3N3O3/c1-14(2)23(8-7-15(3)10-23)20(31)30-12-16-9-17(24(25,26)27)11-28-19(16)18(13-30)29-21(32)33-22(4,5)6/h9,11,14-15,18H,7-8,10,12-13H2,1-6H3,(H,29,32)/t15-,18-,23+/m1/s1. The third-order valence-corrected chi connectivity index (χ3v) is 6.73. The number of nitrogens with zero attached hydrogens (tertiary/aromatic N) is 2. The molecule has 0 spiro atoms. The van der Waals surface area contributed by atoms with Crippen LogP contribution in [0.1, 0.15) is 83.7 Å². The van der Waals surface area contributed by atoms with Crippen molar-refractivity contribution in [1.29, 1.82) is 0 Å². The zero-order valence-electron chi connectivity index (χ0n) is 20.2. The lowest BCUT2D eigenvalue weighted by molar-refractivity contribution is -0.146. The molecule has 1 fully saturated rings. The summed E-state index contributed by atoms with van der Waals surface area (Å²) in [6.45, 7) is 11.5. The van der Waals surface area contributed by atoms with Crippen LogP contribution in [0.15, 0.2) is 12.3 Å². The topological polar surface area (TPSA) is 71.5 Å². The van der Waals surface area contributed by atoms with E-state index in [9.17, 15) is 22.8 Å². The molecule has 1 aliphatic heterocycles. The monoisotopic (exact) mass is 469 g/mol. The van der Waals surface area contributed by atoms with Gasteiger partial charge in [0.2, 0.25) is 5.91 Å². The number of hydrogen-bond acceptors (Lipinski definition) is 4. The predicted molar refractivity (Wildman–Crippen MR) is 117 cm³/mol. The van der Waals surface area contributed by atoms with Crippen LogP contribution in [0.4, 0.5) is 18.0 Å². The van der Waals surface area contributed by atoms with Gasteiger partial charge in [0, 0.05) is 19.3 Å². The number of aromatic nitrogens is 1. The molecule has 0 radical (unpaired) electrons. The third kappa shape index (κ3) is 5.44. The molecule has 3 atom stereocenters. The first-order valence-electron chi connectivity index (χ1n) is 11.5. The number of pyridine rings is 1. The van der Waals surface area contributed by atoms with Crippen LogP contribution < -0.4 is 5.32 Å². The molecule has 6 nitrogen and oxygen atoms in total. The number of carbonyl (C=O) groups is 2. The van der Waals surface area contributed by atoms with Crippen LogP contribution >= 0.6 is 0 Å². The molecule has 1 aromatic rings. The summed E-state index contributed by atoms with van der Waals surface area (Å²) in [5, 5.41) is 2.72. The molecule has 1 aromatic heterocycles. The van der Waals surface area contributed by atoms with Crippen molar-refractivity contribution in [2.24, 2.45) is 17.3 Å². The van der Waals surface area contributed by atoms with E-state index in [2.05, 4.69) is 17.2 Å². The van der Waals surface area contributed by atoms with E-state index in [0.29, 0.717) is 11.6 Å². The fourth-order valence-corrected chi connectivity index (χ4v) is 5.02. The second-order valence-electron chi connectivity index (χ2n) is 10.8. The van der Waals surface area contributed by atoms with Gasteiger partial charge in [0.1, 0.15) is 5.60 Å². The Morgan fingerprint density at radius 2 is 1.94 bits per heavy atom. The molecule has 1 aliphatic carbocycles. The van der Waals surface area contributed by atoms with Gasteiger partial charge < -0.3 is 15.0 Å². The summed E-state index contributed by atoms with van der Waals surface area (Å²) in [6, 6.07) is 0.267. The van der Waals surface area contributed by atoms with Gasteiger partial charge in [0.05, 0.1) is 22.7 Å². The summed E-state index contributed by atoms with van der Waals surface area (Å²) in [5.41, 5.74) is -1.55. The van der Waals surface area contributed by atoms with Crippen molar-refractivity contribution in [2.75, 3.05) is 6.54 Å². The fraction of sp³-hybridized carbons (Fsp3) is 0.708. The van der Waals surface area contributed by atoms with Crippen molar-refractivity contribution in [3.05, 3.63) is 29.1 Å². The number of carbonyl (C=O) groups excluding carboxylic acids is 2. The van der Waals surface area contributed by atoms with E-state index in [1.165, 1.54) is 0 Å². The van der Waals surface area contributed by atoms with Crippen molar-refractivity contribution >= 4 is 12.0 Å². The molecule has 0 aromatic carbocycles. The van der Waals surface area contributed by atoms with Crippen LogP contribution in [-0.4, -0.2) is 34.0 Å². The molecule has 2 amide bonds. The zero-order chi connectivity index (χ0) is 24.8. The smallest absolute Gasteiger partial charge is 0.417 e. The van der Waals surface area contributed by atoms with Crippen LogP contribution in [0.5, 0.6) is 0 Å². The lowest BCUT2D eigenvalue weighted by Crippen LogP contribution is -2.51. The number of fused-ring (bicyclic) bond motifs is 1. The van der Waals surface area contributed by atoms with Crippen molar-refractivity contribution in [1.82, 2.24) is 15.2 Å². The van der Waals surface area contributed by atoms with E-state index in [4.69, 9.17) is 4.74 Å². The molecule has 2 aliphatic rings.